The molecule has 6 nitrogen and oxygen atoms in total. The van der Waals surface area contributed by atoms with Gasteiger partial charge >= 0.3 is 0 Å². The van der Waals surface area contributed by atoms with Crippen LogP contribution in [0.3, 0.4) is 0 Å². The predicted molar refractivity (Wildman–Crippen MR) is 107 cm³/mol. The Labute approximate surface area is 167 Å². The molecule has 0 spiro atoms. The number of benzene rings is 2. The summed E-state index contributed by atoms with van der Waals surface area (Å²) < 4.78 is 16.2. The molecular weight excluding hydrogens is 389 g/mol. The van der Waals surface area contributed by atoms with Crippen LogP contribution in [0.5, 0.6) is 17.2 Å². The fourth-order valence-electron chi connectivity index (χ4n) is 2.56. The summed E-state index contributed by atoms with van der Waals surface area (Å²) in [4.78, 5) is 8.79. The lowest BCUT2D eigenvalue weighted by Crippen LogP contribution is -1.99. The number of ether oxygens (including phenoxy) is 3. The largest absolute Gasteiger partial charge is 0.493 e. The molecule has 8 heteroatoms. The molecule has 0 saturated heterocycles. The van der Waals surface area contributed by atoms with E-state index in [1.54, 1.807) is 51.8 Å². The molecular formula is C19H17Cl2N3O3. The summed E-state index contributed by atoms with van der Waals surface area (Å²) in [6.07, 6.45) is 1.65. The molecule has 0 aliphatic carbocycles. The van der Waals surface area contributed by atoms with E-state index in [2.05, 4.69) is 15.3 Å². The number of hydrogen-bond acceptors (Lipinski definition) is 6. The highest BCUT2D eigenvalue weighted by molar-refractivity contribution is 6.35. The first-order valence-electron chi connectivity index (χ1n) is 7.90. The van der Waals surface area contributed by atoms with Crippen molar-refractivity contribution in [2.75, 3.05) is 26.6 Å². The number of nitrogens with one attached hydrogen (secondary N) is 1. The first-order valence-corrected chi connectivity index (χ1v) is 8.66. The summed E-state index contributed by atoms with van der Waals surface area (Å²) in [5.41, 5.74) is 2.16. The van der Waals surface area contributed by atoms with Gasteiger partial charge in [0.1, 0.15) is 0 Å². The van der Waals surface area contributed by atoms with Crippen molar-refractivity contribution in [3.63, 3.8) is 0 Å². The van der Waals surface area contributed by atoms with E-state index in [9.17, 15) is 0 Å². The number of methoxy groups -OCH3 is 3. The standard InChI is InChI=1S/C19H17Cl2N3O3/c1-25-16-6-11(7-17(26-2)18(16)27-3)15-4-5-22-19(24-15)23-14-9-12(20)8-13(21)10-14/h4-10H,1-3H3,(H,22,23,24). The summed E-state index contributed by atoms with van der Waals surface area (Å²) in [7, 11) is 4.69. The van der Waals surface area contributed by atoms with Crippen LogP contribution in [0.25, 0.3) is 11.3 Å². The molecule has 0 radical (unpaired) electrons. The van der Waals surface area contributed by atoms with Crippen molar-refractivity contribution in [2.45, 2.75) is 0 Å². The summed E-state index contributed by atoms with van der Waals surface area (Å²) in [5, 5.41) is 4.14. The fourth-order valence-corrected chi connectivity index (χ4v) is 3.09. The minimum Gasteiger partial charge on any atom is -0.493 e. The van der Waals surface area contributed by atoms with Crippen molar-refractivity contribution in [1.29, 1.82) is 0 Å². The second-order valence-electron chi connectivity index (χ2n) is 5.46. The molecule has 1 N–H and O–H groups in total. The first-order chi connectivity index (χ1) is 13.0. The van der Waals surface area contributed by atoms with Gasteiger partial charge in [-0.15, -0.1) is 0 Å². The number of anilines is 2. The van der Waals surface area contributed by atoms with Gasteiger partial charge < -0.3 is 19.5 Å². The maximum absolute atomic E-state index is 6.03. The van der Waals surface area contributed by atoms with Crippen LogP contribution in [0.4, 0.5) is 11.6 Å². The Balaban J connectivity index is 1.98. The quantitative estimate of drug-likeness (QED) is 0.606. The summed E-state index contributed by atoms with van der Waals surface area (Å²) in [6.45, 7) is 0. The van der Waals surface area contributed by atoms with Crippen LogP contribution in [-0.4, -0.2) is 31.3 Å². The predicted octanol–water partition coefficient (Wildman–Crippen LogP) is 5.22. The van der Waals surface area contributed by atoms with Gasteiger partial charge in [0.25, 0.3) is 0 Å². The van der Waals surface area contributed by atoms with Crippen LogP contribution < -0.4 is 19.5 Å². The Kier molecular flexibility index (Phi) is 5.88. The Morgan fingerprint density at radius 3 is 2.04 bits per heavy atom. The second-order valence-corrected chi connectivity index (χ2v) is 6.34. The molecule has 27 heavy (non-hydrogen) atoms. The molecule has 3 rings (SSSR count). The molecule has 1 aromatic heterocycles. The van der Waals surface area contributed by atoms with Crippen LogP contribution in [0.2, 0.25) is 10.0 Å². The van der Waals surface area contributed by atoms with Crippen LogP contribution in [0.15, 0.2) is 42.6 Å². The minimum absolute atomic E-state index is 0.402. The molecule has 0 bridgehead atoms. The normalized spacial score (nSPS) is 10.4. The number of aromatic nitrogens is 2. The third-order valence-corrected chi connectivity index (χ3v) is 4.17. The van der Waals surface area contributed by atoms with E-state index in [4.69, 9.17) is 37.4 Å². The Bertz CT molecular complexity index is 921. The number of nitrogens with zero attached hydrogens (tertiary/aromatic N) is 2. The number of halogens is 2. The van der Waals surface area contributed by atoms with Gasteiger partial charge in [0.2, 0.25) is 11.7 Å². The summed E-state index contributed by atoms with van der Waals surface area (Å²) in [6, 6.07) is 10.6. The van der Waals surface area contributed by atoms with Crippen LogP contribution >= 0.6 is 23.2 Å². The second kappa shape index (κ2) is 8.33. The molecule has 3 aromatic rings. The van der Waals surface area contributed by atoms with Crippen molar-refractivity contribution in [1.82, 2.24) is 9.97 Å². The third kappa shape index (κ3) is 4.35. The summed E-state index contributed by atoms with van der Waals surface area (Å²) in [5.74, 6) is 2.01. The smallest absolute Gasteiger partial charge is 0.227 e. The zero-order valence-electron chi connectivity index (χ0n) is 14.9. The van der Waals surface area contributed by atoms with Crippen LogP contribution in [0.1, 0.15) is 0 Å². The molecule has 0 saturated carbocycles. The SMILES string of the molecule is COc1cc(-c2ccnc(Nc3cc(Cl)cc(Cl)c3)n2)cc(OC)c1OC. The maximum Gasteiger partial charge on any atom is 0.227 e. The van der Waals surface area contributed by atoms with Crippen molar-refractivity contribution < 1.29 is 14.2 Å². The minimum atomic E-state index is 0.402. The highest BCUT2D eigenvalue weighted by Gasteiger charge is 2.15. The lowest BCUT2D eigenvalue weighted by atomic mass is 10.1. The molecule has 0 aliphatic rings. The van der Waals surface area contributed by atoms with E-state index in [1.165, 1.54) is 0 Å². The first kappa shape index (κ1) is 19.1. The van der Waals surface area contributed by atoms with E-state index in [0.717, 1.165) is 5.56 Å². The zero-order valence-corrected chi connectivity index (χ0v) is 16.4. The van der Waals surface area contributed by atoms with Crippen molar-refractivity contribution in [3.8, 4) is 28.5 Å². The number of rotatable bonds is 6. The molecule has 0 aliphatic heterocycles. The van der Waals surface area contributed by atoms with Crippen LogP contribution in [-0.2, 0) is 0 Å². The van der Waals surface area contributed by atoms with E-state index < -0.39 is 0 Å². The average molecular weight is 406 g/mol. The molecule has 0 atom stereocenters. The molecule has 140 valence electrons. The topological polar surface area (TPSA) is 65.5 Å². The Morgan fingerprint density at radius 2 is 1.48 bits per heavy atom. The molecule has 1 heterocycles. The maximum atomic E-state index is 6.03. The van der Waals surface area contributed by atoms with Gasteiger partial charge in [0.05, 0.1) is 27.0 Å². The molecule has 0 fully saturated rings. The lowest BCUT2D eigenvalue weighted by molar-refractivity contribution is 0.324. The van der Waals surface area contributed by atoms with Gasteiger partial charge in [0, 0.05) is 27.5 Å². The van der Waals surface area contributed by atoms with E-state index >= 15 is 0 Å². The average Bonchev–Trinajstić information content (AvgIpc) is 2.66. The Morgan fingerprint density at radius 1 is 0.852 bits per heavy atom. The van der Waals surface area contributed by atoms with Gasteiger partial charge in [0.15, 0.2) is 11.5 Å². The summed E-state index contributed by atoms with van der Waals surface area (Å²) >= 11 is 12.1. The van der Waals surface area contributed by atoms with Gasteiger partial charge in [-0.25, -0.2) is 9.97 Å². The van der Waals surface area contributed by atoms with E-state index in [1.807, 2.05) is 12.1 Å². The lowest BCUT2D eigenvalue weighted by Gasteiger charge is -2.14. The van der Waals surface area contributed by atoms with Gasteiger partial charge in [-0.05, 0) is 36.4 Å². The van der Waals surface area contributed by atoms with E-state index in [-0.39, 0.29) is 0 Å². The van der Waals surface area contributed by atoms with Gasteiger partial charge in [-0.1, -0.05) is 23.2 Å². The monoisotopic (exact) mass is 405 g/mol. The highest BCUT2D eigenvalue weighted by atomic mass is 35.5. The van der Waals surface area contributed by atoms with Crippen molar-refractivity contribution in [2.24, 2.45) is 0 Å². The Hall–Kier alpha value is -2.70. The molecule has 0 unspecified atom stereocenters. The fraction of sp³-hybridized carbons (Fsp3) is 0.158. The van der Waals surface area contributed by atoms with Gasteiger partial charge in [-0.2, -0.15) is 0 Å². The molecule has 2 aromatic carbocycles. The third-order valence-electron chi connectivity index (χ3n) is 3.73. The van der Waals surface area contributed by atoms with E-state index in [0.29, 0.717) is 44.6 Å². The van der Waals surface area contributed by atoms with Gasteiger partial charge in [-0.3, -0.25) is 0 Å². The van der Waals surface area contributed by atoms with Crippen LogP contribution in [0, 0.1) is 0 Å². The van der Waals surface area contributed by atoms with Crippen molar-refractivity contribution >= 4 is 34.8 Å². The zero-order chi connectivity index (χ0) is 19.4. The van der Waals surface area contributed by atoms with Crippen molar-refractivity contribution in [3.05, 3.63) is 52.6 Å². The number of hydrogen-bond donors (Lipinski definition) is 1. The molecule has 0 amide bonds. The highest BCUT2D eigenvalue weighted by Crippen LogP contribution is 2.40.